The Kier molecular flexibility index (Phi) is 4.40. The molecule has 1 atom stereocenters. The van der Waals surface area contributed by atoms with E-state index >= 15 is 0 Å². The summed E-state index contributed by atoms with van der Waals surface area (Å²) >= 11 is 1.78. The molecule has 0 radical (unpaired) electrons. The van der Waals surface area contributed by atoms with Crippen molar-refractivity contribution in [1.29, 1.82) is 0 Å². The molecule has 1 N–H and O–H groups in total. The molecule has 0 saturated carbocycles. The summed E-state index contributed by atoms with van der Waals surface area (Å²) in [5.74, 6) is 0. The first kappa shape index (κ1) is 12.8. The van der Waals surface area contributed by atoms with Crippen molar-refractivity contribution in [2.45, 2.75) is 52.1 Å². The molecule has 0 amide bonds. The van der Waals surface area contributed by atoms with Crippen molar-refractivity contribution in [1.82, 2.24) is 4.98 Å². The molecule has 0 aliphatic heterocycles. The lowest BCUT2D eigenvalue weighted by atomic mass is 10.0. The monoisotopic (exact) mass is 254 g/mol. The lowest BCUT2D eigenvalue weighted by Gasteiger charge is -2.20. The number of aryl methyl sites for hydroxylation is 1. The lowest BCUT2D eigenvalue weighted by molar-refractivity contribution is 0.153. The number of hydrogen-bond donors (Lipinski definition) is 1. The molecule has 3 nitrogen and oxygen atoms in total. The van der Waals surface area contributed by atoms with Gasteiger partial charge in [-0.2, -0.15) is 0 Å². The Labute approximate surface area is 107 Å². The number of thiazole rings is 1. The molecule has 4 heteroatoms. The van der Waals surface area contributed by atoms with E-state index in [1.54, 1.807) is 11.3 Å². The van der Waals surface area contributed by atoms with Gasteiger partial charge >= 0.3 is 0 Å². The largest absolute Gasteiger partial charge is 0.387 e. The van der Waals surface area contributed by atoms with Crippen LogP contribution in [-0.4, -0.2) is 23.2 Å². The Morgan fingerprint density at radius 1 is 1.35 bits per heavy atom. The molecule has 96 valence electrons. The predicted molar refractivity (Wildman–Crippen MR) is 72.8 cm³/mol. The number of aliphatic hydroxyl groups excluding tert-OH is 1. The normalized spacial score (nSPS) is 19.1. The van der Waals surface area contributed by atoms with E-state index in [-0.39, 0.29) is 6.10 Å². The van der Waals surface area contributed by atoms with Crippen molar-refractivity contribution < 1.29 is 5.11 Å². The summed E-state index contributed by atoms with van der Waals surface area (Å²) in [5.41, 5.74) is 0.952. The average molecular weight is 254 g/mol. The second-order valence-electron chi connectivity index (χ2n) is 4.70. The van der Waals surface area contributed by atoms with Gasteiger partial charge in [-0.15, -0.1) is 11.3 Å². The fourth-order valence-electron chi connectivity index (χ4n) is 2.36. The summed E-state index contributed by atoms with van der Waals surface area (Å²) in [7, 11) is 0. The van der Waals surface area contributed by atoms with Crippen LogP contribution >= 0.6 is 11.3 Å². The molecule has 0 spiro atoms. The number of rotatable bonds is 5. The minimum Gasteiger partial charge on any atom is -0.387 e. The van der Waals surface area contributed by atoms with Gasteiger partial charge in [-0.1, -0.05) is 13.8 Å². The number of anilines is 1. The Morgan fingerprint density at radius 3 is 2.65 bits per heavy atom. The molecular weight excluding hydrogens is 232 g/mol. The fourth-order valence-corrected chi connectivity index (χ4v) is 3.57. The molecule has 17 heavy (non-hydrogen) atoms. The topological polar surface area (TPSA) is 36.4 Å². The third kappa shape index (κ3) is 2.80. The van der Waals surface area contributed by atoms with Gasteiger partial charge in [0.2, 0.25) is 0 Å². The Bertz CT molecular complexity index is 358. The van der Waals surface area contributed by atoms with Crippen LogP contribution < -0.4 is 4.90 Å². The maximum absolute atomic E-state index is 9.94. The van der Waals surface area contributed by atoms with Crippen molar-refractivity contribution in [2.75, 3.05) is 18.0 Å². The maximum atomic E-state index is 9.94. The zero-order chi connectivity index (χ0) is 12.3. The predicted octanol–water partition coefficient (Wildman–Crippen LogP) is 3.14. The van der Waals surface area contributed by atoms with Crippen molar-refractivity contribution in [3.63, 3.8) is 0 Å². The van der Waals surface area contributed by atoms with Gasteiger partial charge in [0, 0.05) is 18.0 Å². The summed E-state index contributed by atoms with van der Waals surface area (Å²) < 4.78 is 0. The Morgan fingerprint density at radius 2 is 2.06 bits per heavy atom. The van der Waals surface area contributed by atoms with Crippen LogP contribution in [0.25, 0.3) is 0 Å². The van der Waals surface area contributed by atoms with Gasteiger partial charge in [0.05, 0.1) is 11.8 Å². The van der Waals surface area contributed by atoms with Crippen molar-refractivity contribution in [3.05, 3.63) is 10.6 Å². The minimum absolute atomic E-state index is 0.325. The summed E-state index contributed by atoms with van der Waals surface area (Å²) in [6, 6.07) is 0. The van der Waals surface area contributed by atoms with E-state index in [1.165, 1.54) is 4.88 Å². The maximum Gasteiger partial charge on any atom is 0.185 e. The number of aliphatic hydroxyl groups is 1. The molecule has 2 rings (SSSR count). The van der Waals surface area contributed by atoms with Crippen LogP contribution in [0, 0.1) is 0 Å². The highest BCUT2D eigenvalue weighted by Gasteiger charge is 2.24. The Hall–Kier alpha value is -0.610. The first-order chi connectivity index (χ1) is 8.26. The lowest BCUT2D eigenvalue weighted by Crippen LogP contribution is -2.24. The van der Waals surface area contributed by atoms with Crippen LogP contribution in [-0.2, 0) is 6.42 Å². The van der Waals surface area contributed by atoms with Gasteiger partial charge in [-0.05, 0) is 32.1 Å². The third-order valence-corrected chi connectivity index (χ3v) is 4.36. The van der Waals surface area contributed by atoms with E-state index in [9.17, 15) is 5.11 Å². The van der Waals surface area contributed by atoms with Crippen molar-refractivity contribution in [3.8, 4) is 0 Å². The first-order valence-corrected chi connectivity index (χ1v) is 7.50. The highest BCUT2D eigenvalue weighted by Crippen LogP contribution is 2.36. The average Bonchev–Trinajstić information content (AvgIpc) is 2.74. The molecule has 1 aliphatic rings. The molecule has 1 aliphatic carbocycles. The van der Waals surface area contributed by atoms with Crippen LogP contribution in [0.3, 0.4) is 0 Å². The van der Waals surface area contributed by atoms with E-state index in [1.807, 2.05) is 0 Å². The van der Waals surface area contributed by atoms with Crippen LogP contribution in [0.4, 0.5) is 5.13 Å². The number of nitrogens with zero attached hydrogens (tertiary/aromatic N) is 2. The molecule has 1 aromatic rings. The highest BCUT2D eigenvalue weighted by atomic mass is 32.1. The van der Waals surface area contributed by atoms with Crippen LogP contribution in [0.1, 0.15) is 56.2 Å². The van der Waals surface area contributed by atoms with Gasteiger partial charge in [0.25, 0.3) is 0 Å². The fraction of sp³-hybridized carbons (Fsp3) is 0.769. The second-order valence-corrected chi connectivity index (χ2v) is 5.76. The van der Waals surface area contributed by atoms with E-state index in [0.717, 1.165) is 56.0 Å². The second kappa shape index (κ2) is 5.83. The standard InChI is InChI=1S/C13H22N2OS/c1-3-8-15(9-4-2)13-14-12-10(16)6-5-7-11(12)17-13/h10,16H,3-9H2,1-2H3. The number of fused-ring (bicyclic) bond motifs is 1. The summed E-state index contributed by atoms with van der Waals surface area (Å²) in [4.78, 5) is 8.32. The number of hydrogen-bond acceptors (Lipinski definition) is 4. The van der Waals surface area contributed by atoms with Gasteiger partial charge in [0.1, 0.15) is 0 Å². The SMILES string of the molecule is CCCN(CCC)c1nc2c(s1)CCCC2O. The third-order valence-electron chi connectivity index (χ3n) is 3.17. The molecule has 0 saturated heterocycles. The summed E-state index contributed by atoms with van der Waals surface area (Å²) in [5, 5.41) is 11.1. The molecule has 1 heterocycles. The van der Waals surface area contributed by atoms with Crippen LogP contribution in [0.2, 0.25) is 0 Å². The van der Waals surface area contributed by atoms with Crippen LogP contribution in [0.15, 0.2) is 0 Å². The van der Waals surface area contributed by atoms with Crippen molar-refractivity contribution >= 4 is 16.5 Å². The first-order valence-electron chi connectivity index (χ1n) is 6.68. The van der Waals surface area contributed by atoms with E-state index in [0.29, 0.717) is 0 Å². The van der Waals surface area contributed by atoms with Gasteiger partial charge < -0.3 is 10.0 Å². The molecule has 1 unspecified atom stereocenters. The zero-order valence-electron chi connectivity index (χ0n) is 10.8. The molecule has 0 fully saturated rings. The zero-order valence-corrected chi connectivity index (χ0v) is 11.6. The quantitative estimate of drug-likeness (QED) is 0.877. The van der Waals surface area contributed by atoms with Crippen molar-refractivity contribution in [2.24, 2.45) is 0 Å². The minimum atomic E-state index is -0.325. The Balaban J connectivity index is 2.19. The summed E-state index contributed by atoms with van der Waals surface area (Å²) in [6.07, 6.45) is 5.03. The number of aromatic nitrogens is 1. The summed E-state index contributed by atoms with van der Waals surface area (Å²) in [6.45, 7) is 6.53. The molecule has 1 aromatic heterocycles. The van der Waals surface area contributed by atoms with Gasteiger partial charge in [-0.3, -0.25) is 0 Å². The van der Waals surface area contributed by atoms with Gasteiger partial charge in [0.15, 0.2) is 5.13 Å². The highest BCUT2D eigenvalue weighted by molar-refractivity contribution is 7.15. The van der Waals surface area contributed by atoms with E-state index in [2.05, 4.69) is 23.7 Å². The van der Waals surface area contributed by atoms with E-state index < -0.39 is 0 Å². The van der Waals surface area contributed by atoms with E-state index in [4.69, 9.17) is 0 Å². The van der Waals surface area contributed by atoms with Crippen LogP contribution in [0.5, 0.6) is 0 Å². The molecular formula is C13H22N2OS. The smallest absolute Gasteiger partial charge is 0.185 e. The van der Waals surface area contributed by atoms with Gasteiger partial charge in [-0.25, -0.2) is 4.98 Å². The molecule has 0 aromatic carbocycles. The molecule has 0 bridgehead atoms.